The molecule has 0 amide bonds. The molecular formula is C15H21N5. The maximum absolute atomic E-state index is 4.55. The quantitative estimate of drug-likeness (QED) is 0.926. The third kappa shape index (κ3) is 3.04. The van der Waals surface area contributed by atoms with Crippen molar-refractivity contribution in [3.63, 3.8) is 0 Å². The number of anilines is 2. The lowest BCUT2D eigenvalue weighted by Crippen LogP contribution is -2.21. The third-order valence-electron chi connectivity index (χ3n) is 3.18. The molecule has 0 aliphatic carbocycles. The molecule has 0 saturated heterocycles. The van der Waals surface area contributed by atoms with E-state index in [1.807, 2.05) is 53.1 Å². The monoisotopic (exact) mass is 271 g/mol. The minimum Gasteiger partial charge on any atom is -0.373 e. The van der Waals surface area contributed by atoms with Gasteiger partial charge in [0.2, 0.25) is 0 Å². The molecule has 2 heterocycles. The van der Waals surface area contributed by atoms with Crippen LogP contribution >= 0.6 is 0 Å². The number of hydrogen-bond donors (Lipinski definition) is 1. The minimum absolute atomic E-state index is 0.724. The molecule has 0 atom stereocenters. The molecule has 106 valence electrons. The van der Waals surface area contributed by atoms with Gasteiger partial charge in [-0.05, 0) is 32.9 Å². The van der Waals surface area contributed by atoms with Crippen molar-refractivity contribution < 1.29 is 0 Å². The fourth-order valence-electron chi connectivity index (χ4n) is 2.23. The highest BCUT2D eigenvalue weighted by Gasteiger charge is 2.12. The Bertz CT molecular complexity index is 609. The SMILES string of the molecule is CNc1nc(C)nc(N(C)Cc2cccc(C)n2)c1C. The Morgan fingerprint density at radius 3 is 2.50 bits per heavy atom. The molecular weight excluding hydrogens is 250 g/mol. The summed E-state index contributed by atoms with van der Waals surface area (Å²) in [6, 6.07) is 6.07. The summed E-state index contributed by atoms with van der Waals surface area (Å²) in [5.74, 6) is 2.57. The Labute approximate surface area is 120 Å². The molecule has 0 bridgehead atoms. The number of hydrogen-bond acceptors (Lipinski definition) is 5. The third-order valence-corrected chi connectivity index (χ3v) is 3.18. The van der Waals surface area contributed by atoms with Crippen molar-refractivity contribution in [3.05, 3.63) is 41.0 Å². The standard InChI is InChI=1S/C15H21N5/c1-10-7-6-8-13(17-10)9-20(5)15-11(2)14(16-4)18-12(3)19-15/h6-8H,9H2,1-5H3,(H,16,18,19). The maximum atomic E-state index is 4.55. The molecule has 0 aromatic carbocycles. The van der Waals surface area contributed by atoms with E-state index in [9.17, 15) is 0 Å². The summed E-state index contributed by atoms with van der Waals surface area (Å²) >= 11 is 0. The summed E-state index contributed by atoms with van der Waals surface area (Å²) in [7, 11) is 3.90. The van der Waals surface area contributed by atoms with Gasteiger partial charge in [-0.25, -0.2) is 9.97 Å². The second-order valence-electron chi connectivity index (χ2n) is 4.94. The van der Waals surface area contributed by atoms with Crippen LogP contribution in [-0.4, -0.2) is 29.0 Å². The molecule has 2 aromatic rings. The van der Waals surface area contributed by atoms with Crippen LogP contribution in [0.1, 0.15) is 22.8 Å². The highest BCUT2D eigenvalue weighted by atomic mass is 15.2. The van der Waals surface area contributed by atoms with Crippen molar-refractivity contribution in [1.82, 2.24) is 15.0 Å². The lowest BCUT2D eigenvalue weighted by molar-refractivity contribution is 0.841. The van der Waals surface area contributed by atoms with Crippen LogP contribution in [0.3, 0.4) is 0 Å². The second-order valence-corrected chi connectivity index (χ2v) is 4.94. The van der Waals surface area contributed by atoms with Crippen molar-refractivity contribution in [2.75, 3.05) is 24.3 Å². The van der Waals surface area contributed by atoms with Crippen LogP contribution in [0.25, 0.3) is 0 Å². The molecule has 0 aliphatic rings. The van der Waals surface area contributed by atoms with E-state index in [-0.39, 0.29) is 0 Å². The van der Waals surface area contributed by atoms with Crippen molar-refractivity contribution in [2.45, 2.75) is 27.3 Å². The average Bonchev–Trinajstić information content (AvgIpc) is 2.40. The zero-order valence-electron chi connectivity index (χ0n) is 12.7. The van der Waals surface area contributed by atoms with E-state index >= 15 is 0 Å². The van der Waals surface area contributed by atoms with E-state index in [1.54, 1.807) is 0 Å². The first kappa shape index (κ1) is 14.2. The number of pyridine rings is 1. The van der Waals surface area contributed by atoms with Gasteiger partial charge in [0, 0.05) is 25.4 Å². The van der Waals surface area contributed by atoms with Crippen LogP contribution in [0, 0.1) is 20.8 Å². The molecule has 20 heavy (non-hydrogen) atoms. The number of aromatic nitrogens is 3. The predicted octanol–water partition coefficient (Wildman–Crippen LogP) is 2.47. The highest BCUT2D eigenvalue weighted by molar-refractivity contribution is 5.58. The van der Waals surface area contributed by atoms with Gasteiger partial charge >= 0.3 is 0 Å². The van der Waals surface area contributed by atoms with E-state index in [0.29, 0.717) is 0 Å². The predicted molar refractivity (Wildman–Crippen MR) is 82.1 cm³/mol. The van der Waals surface area contributed by atoms with Crippen molar-refractivity contribution in [3.8, 4) is 0 Å². The van der Waals surface area contributed by atoms with Crippen LogP contribution < -0.4 is 10.2 Å². The van der Waals surface area contributed by atoms with Gasteiger partial charge in [-0.2, -0.15) is 0 Å². The molecule has 0 radical (unpaired) electrons. The number of nitrogens with zero attached hydrogens (tertiary/aromatic N) is 4. The zero-order chi connectivity index (χ0) is 14.7. The molecule has 0 saturated carbocycles. The topological polar surface area (TPSA) is 53.9 Å². The molecule has 0 unspecified atom stereocenters. The Morgan fingerprint density at radius 2 is 1.85 bits per heavy atom. The van der Waals surface area contributed by atoms with Gasteiger partial charge in [0.1, 0.15) is 17.5 Å². The molecule has 0 fully saturated rings. The molecule has 5 heteroatoms. The molecule has 2 aromatic heterocycles. The highest BCUT2D eigenvalue weighted by Crippen LogP contribution is 2.23. The van der Waals surface area contributed by atoms with Crippen LogP contribution in [0.15, 0.2) is 18.2 Å². The summed E-state index contributed by atoms with van der Waals surface area (Å²) < 4.78 is 0. The Morgan fingerprint density at radius 1 is 1.10 bits per heavy atom. The van der Waals surface area contributed by atoms with Crippen LogP contribution in [-0.2, 0) is 6.54 Å². The van der Waals surface area contributed by atoms with Crippen LogP contribution in [0.4, 0.5) is 11.6 Å². The van der Waals surface area contributed by atoms with Gasteiger partial charge in [0.25, 0.3) is 0 Å². The maximum Gasteiger partial charge on any atom is 0.137 e. The largest absolute Gasteiger partial charge is 0.373 e. The lowest BCUT2D eigenvalue weighted by atomic mass is 10.2. The van der Waals surface area contributed by atoms with Crippen LogP contribution in [0.2, 0.25) is 0 Å². The van der Waals surface area contributed by atoms with Gasteiger partial charge < -0.3 is 10.2 Å². The molecule has 0 aliphatic heterocycles. The van der Waals surface area contributed by atoms with E-state index < -0.39 is 0 Å². The fraction of sp³-hybridized carbons (Fsp3) is 0.400. The number of aryl methyl sites for hydroxylation is 2. The van der Waals surface area contributed by atoms with Crippen molar-refractivity contribution in [1.29, 1.82) is 0 Å². The Kier molecular flexibility index (Phi) is 4.17. The smallest absolute Gasteiger partial charge is 0.137 e. The zero-order valence-corrected chi connectivity index (χ0v) is 12.7. The first-order chi connectivity index (χ1) is 9.51. The minimum atomic E-state index is 0.724. The summed E-state index contributed by atoms with van der Waals surface area (Å²) in [6.45, 7) is 6.66. The van der Waals surface area contributed by atoms with E-state index in [0.717, 1.165) is 41.0 Å². The van der Waals surface area contributed by atoms with Gasteiger partial charge in [0.15, 0.2) is 0 Å². The normalized spacial score (nSPS) is 10.4. The first-order valence-electron chi connectivity index (χ1n) is 6.68. The van der Waals surface area contributed by atoms with Crippen molar-refractivity contribution >= 4 is 11.6 Å². The van der Waals surface area contributed by atoms with Gasteiger partial charge in [-0.15, -0.1) is 0 Å². The summed E-state index contributed by atoms with van der Waals surface area (Å²) in [6.07, 6.45) is 0. The summed E-state index contributed by atoms with van der Waals surface area (Å²) in [5, 5.41) is 3.11. The summed E-state index contributed by atoms with van der Waals surface area (Å²) in [4.78, 5) is 15.6. The number of nitrogens with one attached hydrogen (secondary N) is 1. The van der Waals surface area contributed by atoms with E-state index in [2.05, 4.69) is 25.2 Å². The summed E-state index contributed by atoms with van der Waals surface area (Å²) in [5.41, 5.74) is 3.12. The van der Waals surface area contributed by atoms with E-state index in [4.69, 9.17) is 0 Å². The van der Waals surface area contributed by atoms with Gasteiger partial charge in [-0.1, -0.05) is 6.07 Å². The molecule has 0 spiro atoms. The first-order valence-corrected chi connectivity index (χ1v) is 6.68. The van der Waals surface area contributed by atoms with Gasteiger partial charge in [-0.3, -0.25) is 4.98 Å². The molecule has 1 N–H and O–H groups in total. The molecule has 2 rings (SSSR count). The average molecular weight is 271 g/mol. The number of rotatable bonds is 4. The fourth-order valence-corrected chi connectivity index (χ4v) is 2.23. The van der Waals surface area contributed by atoms with Crippen LogP contribution in [0.5, 0.6) is 0 Å². The second kappa shape index (κ2) is 5.86. The Balaban J connectivity index is 2.29. The lowest BCUT2D eigenvalue weighted by Gasteiger charge is -2.21. The van der Waals surface area contributed by atoms with E-state index in [1.165, 1.54) is 0 Å². The van der Waals surface area contributed by atoms with Crippen molar-refractivity contribution in [2.24, 2.45) is 0 Å². The molecule has 5 nitrogen and oxygen atoms in total. The van der Waals surface area contributed by atoms with Gasteiger partial charge in [0.05, 0.1) is 12.2 Å². The Hall–Kier alpha value is -2.17.